The molecule has 28 heavy (non-hydrogen) atoms. The Kier molecular flexibility index (Phi) is 4.50. The van der Waals surface area contributed by atoms with Gasteiger partial charge in [0.2, 0.25) is 5.89 Å². The standard InChI is InChI=1S/C20H12ClN3O4/c21-16-11-14(24(26)27)7-8-15(16)19(25)22-13-6-9-18-17(10-13)23-20(28-18)12-4-2-1-3-5-12/h1-11H,(H,22,25). The molecule has 3 aromatic carbocycles. The highest BCUT2D eigenvalue weighted by Gasteiger charge is 2.16. The van der Waals surface area contributed by atoms with E-state index in [1.54, 1.807) is 18.2 Å². The van der Waals surface area contributed by atoms with Gasteiger partial charge in [-0.25, -0.2) is 4.98 Å². The molecule has 0 fully saturated rings. The maximum Gasteiger partial charge on any atom is 0.270 e. The molecule has 0 bridgehead atoms. The van der Waals surface area contributed by atoms with E-state index in [1.807, 2.05) is 30.3 Å². The molecule has 4 aromatic rings. The molecule has 0 aliphatic carbocycles. The van der Waals surface area contributed by atoms with E-state index < -0.39 is 10.8 Å². The lowest BCUT2D eigenvalue weighted by molar-refractivity contribution is -0.384. The summed E-state index contributed by atoms with van der Waals surface area (Å²) in [5.41, 5.74) is 2.48. The van der Waals surface area contributed by atoms with E-state index in [2.05, 4.69) is 10.3 Å². The number of non-ortho nitro benzene ring substituents is 1. The molecule has 0 saturated heterocycles. The van der Waals surface area contributed by atoms with E-state index >= 15 is 0 Å². The van der Waals surface area contributed by atoms with Gasteiger partial charge >= 0.3 is 0 Å². The van der Waals surface area contributed by atoms with Crippen molar-refractivity contribution in [1.82, 2.24) is 4.98 Å². The van der Waals surface area contributed by atoms with Crippen molar-refractivity contribution in [3.05, 3.63) is 87.4 Å². The number of oxazole rings is 1. The van der Waals surface area contributed by atoms with Crippen molar-refractivity contribution < 1.29 is 14.1 Å². The second-order valence-electron chi connectivity index (χ2n) is 5.94. The molecular formula is C20H12ClN3O4. The molecule has 0 atom stereocenters. The zero-order valence-electron chi connectivity index (χ0n) is 14.3. The molecule has 0 spiro atoms. The summed E-state index contributed by atoms with van der Waals surface area (Å²) in [5, 5.41) is 13.5. The Morgan fingerprint density at radius 1 is 1.07 bits per heavy atom. The molecule has 0 unspecified atom stereocenters. The van der Waals surface area contributed by atoms with Crippen LogP contribution in [0.2, 0.25) is 5.02 Å². The van der Waals surface area contributed by atoms with Crippen LogP contribution in [0, 0.1) is 10.1 Å². The second kappa shape index (κ2) is 7.13. The number of carbonyl (C=O) groups is 1. The summed E-state index contributed by atoms with van der Waals surface area (Å²) in [6.07, 6.45) is 0. The number of carbonyl (C=O) groups excluding carboxylic acids is 1. The summed E-state index contributed by atoms with van der Waals surface area (Å²) >= 11 is 6.01. The van der Waals surface area contributed by atoms with Crippen molar-refractivity contribution in [1.29, 1.82) is 0 Å². The van der Waals surface area contributed by atoms with Crippen LogP contribution >= 0.6 is 11.6 Å². The number of nitrogens with zero attached hydrogens (tertiary/aromatic N) is 2. The van der Waals surface area contributed by atoms with Crippen molar-refractivity contribution in [3.63, 3.8) is 0 Å². The Bertz CT molecular complexity index is 1200. The summed E-state index contributed by atoms with van der Waals surface area (Å²) in [6.45, 7) is 0. The minimum atomic E-state index is -0.573. The Labute approximate surface area is 163 Å². The molecule has 0 aliphatic rings. The van der Waals surface area contributed by atoms with Crippen LogP contribution in [0.5, 0.6) is 0 Å². The summed E-state index contributed by atoms with van der Waals surface area (Å²) in [7, 11) is 0. The van der Waals surface area contributed by atoms with Crippen molar-refractivity contribution in [2.24, 2.45) is 0 Å². The molecule has 0 radical (unpaired) electrons. The van der Waals surface area contributed by atoms with Gasteiger partial charge in [0.05, 0.1) is 15.5 Å². The van der Waals surface area contributed by atoms with Crippen molar-refractivity contribution in [2.75, 3.05) is 5.32 Å². The van der Waals surface area contributed by atoms with Crippen LogP contribution in [0.1, 0.15) is 10.4 Å². The van der Waals surface area contributed by atoms with Gasteiger partial charge < -0.3 is 9.73 Å². The van der Waals surface area contributed by atoms with E-state index in [4.69, 9.17) is 16.0 Å². The predicted octanol–water partition coefficient (Wildman–Crippen LogP) is 5.31. The monoisotopic (exact) mass is 393 g/mol. The molecule has 138 valence electrons. The highest BCUT2D eigenvalue weighted by Crippen LogP contribution is 2.27. The zero-order valence-corrected chi connectivity index (χ0v) is 15.0. The molecule has 1 heterocycles. The van der Waals surface area contributed by atoms with Crippen LogP contribution < -0.4 is 5.32 Å². The fraction of sp³-hybridized carbons (Fsp3) is 0. The molecule has 1 N–H and O–H groups in total. The topological polar surface area (TPSA) is 98.3 Å². The highest BCUT2D eigenvalue weighted by atomic mass is 35.5. The van der Waals surface area contributed by atoms with E-state index in [-0.39, 0.29) is 16.3 Å². The lowest BCUT2D eigenvalue weighted by atomic mass is 10.2. The third-order valence-corrected chi connectivity index (χ3v) is 4.39. The largest absolute Gasteiger partial charge is 0.436 e. The van der Waals surface area contributed by atoms with Crippen LogP contribution in [-0.2, 0) is 0 Å². The lowest BCUT2D eigenvalue weighted by Gasteiger charge is -2.06. The molecule has 7 nitrogen and oxygen atoms in total. The van der Waals surface area contributed by atoms with Crippen molar-refractivity contribution in [2.45, 2.75) is 0 Å². The Balaban J connectivity index is 1.59. The van der Waals surface area contributed by atoms with Gasteiger partial charge in [0.15, 0.2) is 5.58 Å². The van der Waals surface area contributed by atoms with E-state index in [0.717, 1.165) is 11.6 Å². The highest BCUT2D eigenvalue weighted by molar-refractivity contribution is 6.34. The Morgan fingerprint density at radius 2 is 1.86 bits per heavy atom. The first kappa shape index (κ1) is 17.7. The van der Waals surface area contributed by atoms with E-state index in [9.17, 15) is 14.9 Å². The number of anilines is 1. The number of nitrogens with one attached hydrogen (secondary N) is 1. The third kappa shape index (κ3) is 3.43. The molecule has 1 amide bonds. The summed E-state index contributed by atoms with van der Waals surface area (Å²) < 4.78 is 5.74. The van der Waals surface area contributed by atoms with Crippen LogP contribution in [0.15, 0.2) is 71.1 Å². The minimum absolute atomic E-state index is 0.000535. The van der Waals surface area contributed by atoms with Crippen LogP contribution in [0.4, 0.5) is 11.4 Å². The van der Waals surface area contributed by atoms with Crippen LogP contribution in [0.3, 0.4) is 0 Å². The van der Waals surface area contributed by atoms with E-state index in [1.165, 1.54) is 12.1 Å². The number of hydrogen-bond acceptors (Lipinski definition) is 5. The quantitative estimate of drug-likeness (QED) is 0.374. The van der Waals surface area contributed by atoms with Gasteiger partial charge in [0.1, 0.15) is 5.52 Å². The van der Waals surface area contributed by atoms with E-state index in [0.29, 0.717) is 22.7 Å². The maximum absolute atomic E-state index is 12.5. The maximum atomic E-state index is 12.5. The predicted molar refractivity (Wildman–Crippen MR) is 106 cm³/mol. The molecule has 8 heteroatoms. The number of nitro groups is 1. The first-order valence-electron chi connectivity index (χ1n) is 8.22. The molecular weight excluding hydrogens is 382 g/mol. The number of fused-ring (bicyclic) bond motifs is 1. The molecule has 4 rings (SSSR count). The lowest BCUT2D eigenvalue weighted by Crippen LogP contribution is -2.12. The SMILES string of the molecule is O=C(Nc1ccc2oc(-c3ccccc3)nc2c1)c1ccc([N+](=O)[O-])cc1Cl. The fourth-order valence-electron chi connectivity index (χ4n) is 2.71. The number of hydrogen-bond donors (Lipinski definition) is 1. The number of benzene rings is 3. The van der Waals surface area contributed by atoms with Gasteiger partial charge in [-0.05, 0) is 36.4 Å². The molecule has 0 aliphatic heterocycles. The van der Waals surface area contributed by atoms with Crippen LogP contribution in [-0.4, -0.2) is 15.8 Å². The minimum Gasteiger partial charge on any atom is -0.436 e. The number of rotatable bonds is 4. The van der Waals surface area contributed by atoms with Gasteiger partial charge in [-0.3, -0.25) is 14.9 Å². The van der Waals surface area contributed by atoms with Gasteiger partial charge in [-0.1, -0.05) is 29.8 Å². The van der Waals surface area contributed by atoms with Gasteiger partial charge in [0.25, 0.3) is 11.6 Å². The molecule has 1 aromatic heterocycles. The zero-order chi connectivity index (χ0) is 19.7. The number of halogens is 1. The molecule has 0 saturated carbocycles. The third-order valence-electron chi connectivity index (χ3n) is 4.07. The Morgan fingerprint density at radius 3 is 2.57 bits per heavy atom. The normalized spacial score (nSPS) is 10.8. The summed E-state index contributed by atoms with van der Waals surface area (Å²) in [6, 6.07) is 18.2. The summed E-state index contributed by atoms with van der Waals surface area (Å²) in [4.78, 5) is 27.1. The van der Waals surface area contributed by atoms with Crippen molar-refractivity contribution in [3.8, 4) is 11.5 Å². The fourth-order valence-corrected chi connectivity index (χ4v) is 2.97. The average Bonchev–Trinajstić information content (AvgIpc) is 3.12. The average molecular weight is 394 g/mol. The van der Waals surface area contributed by atoms with Gasteiger partial charge in [0, 0.05) is 23.4 Å². The van der Waals surface area contributed by atoms with Crippen molar-refractivity contribution >= 4 is 40.0 Å². The van der Waals surface area contributed by atoms with Gasteiger partial charge in [-0.15, -0.1) is 0 Å². The number of amides is 1. The first-order valence-corrected chi connectivity index (χ1v) is 8.60. The number of nitro benzene ring substituents is 1. The second-order valence-corrected chi connectivity index (χ2v) is 6.35. The first-order chi connectivity index (χ1) is 13.5. The Hall–Kier alpha value is -3.71. The van der Waals surface area contributed by atoms with Gasteiger partial charge in [-0.2, -0.15) is 0 Å². The number of aromatic nitrogens is 1. The summed E-state index contributed by atoms with van der Waals surface area (Å²) in [5.74, 6) is 0.00326. The smallest absolute Gasteiger partial charge is 0.270 e. The van der Waals surface area contributed by atoms with Crippen LogP contribution in [0.25, 0.3) is 22.6 Å².